The van der Waals surface area contributed by atoms with E-state index in [0.717, 1.165) is 5.75 Å². The number of ether oxygens (including phenoxy) is 3. The maximum Gasteiger partial charge on any atom is 0.346 e. The summed E-state index contributed by atoms with van der Waals surface area (Å²) in [4.78, 5) is 22.2. The van der Waals surface area contributed by atoms with Gasteiger partial charge in [0.1, 0.15) is 0 Å². The second kappa shape index (κ2) is 6.55. The zero-order chi connectivity index (χ0) is 12.0. The molecule has 1 rings (SSSR count). The molecule has 0 aliphatic carbocycles. The van der Waals surface area contributed by atoms with Gasteiger partial charge in [-0.2, -0.15) is 11.8 Å². The van der Waals surface area contributed by atoms with Crippen molar-refractivity contribution in [1.82, 2.24) is 0 Å². The van der Waals surface area contributed by atoms with Gasteiger partial charge in [0.15, 0.2) is 6.61 Å². The van der Waals surface area contributed by atoms with Crippen LogP contribution >= 0.6 is 11.8 Å². The zero-order valence-electron chi connectivity index (χ0n) is 9.06. The first-order chi connectivity index (χ1) is 7.59. The lowest BCUT2D eigenvalue weighted by Gasteiger charge is -2.21. The summed E-state index contributed by atoms with van der Waals surface area (Å²) in [6, 6.07) is 0. The molecule has 0 unspecified atom stereocenters. The van der Waals surface area contributed by atoms with Crippen LogP contribution in [0.2, 0.25) is 0 Å². The van der Waals surface area contributed by atoms with E-state index in [1.54, 1.807) is 11.8 Å². The van der Waals surface area contributed by atoms with Crippen molar-refractivity contribution in [3.8, 4) is 0 Å². The maximum absolute atomic E-state index is 11.2. The average molecular weight is 246 g/mol. The molecular weight excluding hydrogens is 232 g/mol. The fourth-order valence-corrected chi connectivity index (χ4v) is 1.70. The third-order valence-corrected chi connectivity index (χ3v) is 2.68. The molecule has 0 N–H and O–H groups in total. The van der Waals surface area contributed by atoms with E-state index >= 15 is 0 Å². The third kappa shape index (κ3) is 4.67. The van der Waals surface area contributed by atoms with Gasteiger partial charge in [0.25, 0.3) is 0 Å². The molecule has 0 aromatic heterocycles. The Morgan fingerprint density at radius 1 is 1.56 bits per heavy atom. The van der Waals surface area contributed by atoms with Crippen molar-refractivity contribution in [2.45, 2.75) is 13.2 Å². The number of rotatable bonds is 4. The van der Waals surface area contributed by atoms with Crippen molar-refractivity contribution in [2.75, 3.05) is 24.7 Å². The number of esters is 2. The van der Waals surface area contributed by atoms with E-state index in [1.165, 1.54) is 6.92 Å². The van der Waals surface area contributed by atoms with Gasteiger partial charge in [0.2, 0.25) is 6.29 Å². The molecule has 0 aromatic rings. The molecule has 1 aliphatic rings. The molecule has 5 nitrogen and oxygen atoms in total. The van der Waals surface area contributed by atoms with E-state index in [9.17, 15) is 9.59 Å². The van der Waals surface area contributed by atoms with E-state index in [1.807, 2.05) is 0 Å². The first-order valence-corrected chi connectivity index (χ1v) is 5.96. The molecule has 1 heterocycles. The Kier molecular flexibility index (Phi) is 5.34. The monoisotopic (exact) mass is 246 g/mol. The lowest BCUT2D eigenvalue weighted by Crippen LogP contribution is -2.30. The highest BCUT2D eigenvalue weighted by Gasteiger charge is 2.19. The number of hydrogen-bond acceptors (Lipinski definition) is 6. The fraction of sp³-hybridized carbons (Fsp3) is 0.600. The maximum atomic E-state index is 11.2. The molecule has 1 aliphatic heterocycles. The molecular formula is C10H14O5S. The van der Waals surface area contributed by atoms with Crippen molar-refractivity contribution < 1.29 is 23.8 Å². The molecule has 1 atom stereocenters. The van der Waals surface area contributed by atoms with Gasteiger partial charge in [-0.3, -0.25) is 0 Å². The summed E-state index contributed by atoms with van der Waals surface area (Å²) in [5, 5.41) is 0. The van der Waals surface area contributed by atoms with Gasteiger partial charge in [-0.05, 0) is 6.92 Å². The Morgan fingerprint density at radius 2 is 2.31 bits per heavy atom. The minimum absolute atomic E-state index is 0.247. The quantitative estimate of drug-likeness (QED) is 0.538. The highest BCUT2D eigenvalue weighted by atomic mass is 32.2. The topological polar surface area (TPSA) is 61.8 Å². The van der Waals surface area contributed by atoms with Gasteiger partial charge in [-0.15, -0.1) is 0 Å². The lowest BCUT2D eigenvalue weighted by atomic mass is 10.4. The average Bonchev–Trinajstić information content (AvgIpc) is 2.27. The summed E-state index contributed by atoms with van der Waals surface area (Å²) in [6.45, 7) is 5.06. The Labute approximate surface area is 98.1 Å². The SMILES string of the molecule is C=C(C)C(=O)OCC(=O)O[C@H]1CSCCO1. The minimum atomic E-state index is -0.609. The van der Waals surface area contributed by atoms with E-state index in [0.29, 0.717) is 12.4 Å². The van der Waals surface area contributed by atoms with Crippen LogP contribution in [0.1, 0.15) is 6.92 Å². The smallest absolute Gasteiger partial charge is 0.346 e. The molecule has 0 aromatic carbocycles. The van der Waals surface area contributed by atoms with Crippen molar-refractivity contribution >= 4 is 23.7 Å². The van der Waals surface area contributed by atoms with E-state index < -0.39 is 24.8 Å². The summed E-state index contributed by atoms with van der Waals surface area (Å²) in [7, 11) is 0. The number of carbonyl (C=O) groups is 2. The predicted octanol–water partition coefficient (Wildman–Crippen LogP) is 0.738. The van der Waals surface area contributed by atoms with Crippen LogP contribution in [-0.4, -0.2) is 42.9 Å². The highest BCUT2D eigenvalue weighted by Crippen LogP contribution is 2.13. The molecule has 0 spiro atoms. The second-order valence-electron chi connectivity index (χ2n) is 3.22. The summed E-state index contributed by atoms with van der Waals surface area (Å²) < 4.78 is 14.7. The minimum Gasteiger partial charge on any atom is -0.450 e. The van der Waals surface area contributed by atoms with Crippen molar-refractivity contribution in [3.63, 3.8) is 0 Å². The summed E-state index contributed by atoms with van der Waals surface area (Å²) in [6.07, 6.45) is -0.533. The van der Waals surface area contributed by atoms with Crippen LogP contribution in [0.3, 0.4) is 0 Å². The molecule has 0 radical (unpaired) electrons. The van der Waals surface area contributed by atoms with Crippen molar-refractivity contribution in [2.24, 2.45) is 0 Å². The largest absolute Gasteiger partial charge is 0.450 e. The highest BCUT2D eigenvalue weighted by molar-refractivity contribution is 7.99. The van der Waals surface area contributed by atoms with Gasteiger partial charge in [0.05, 0.1) is 12.4 Å². The molecule has 0 bridgehead atoms. The van der Waals surface area contributed by atoms with Gasteiger partial charge >= 0.3 is 11.9 Å². The van der Waals surface area contributed by atoms with Crippen molar-refractivity contribution in [1.29, 1.82) is 0 Å². The Balaban J connectivity index is 2.19. The molecule has 16 heavy (non-hydrogen) atoms. The molecule has 1 fully saturated rings. The Hall–Kier alpha value is -1.01. The number of carbonyl (C=O) groups excluding carboxylic acids is 2. The van der Waals surface area contributed by atoms with Gasteiger partial charge in [-0.1, -0.05) is 6.58 Å². The number of hydrogen-bond donors (Lipinski definition) is 0. The lowest BCUT2D eigenvalue weighted by molar-refractivity contribution is -0.180. The summed E-state index contributed by atoms with van der Waals surface area (Å²) in [5.41, 5.74) is 0.247. The van der Waals surface area contributed by atoms with E-state index in [4.69, 9.17) is 9.47 Å². The van der Waals surface area contributed by atoms with Crippen LogP contribution in [0.25, 0.3) is 0 Å². The van der Waals surface area contributed by atoms with E-state index in [-0.39, 0.29) is 5.57 Å². The Bertz CT molecular complexity index is 283. The van der Waals surface area contributed by atoms with Gasteiger partial charge < -0.3 is 14.2 Å². The zero-order valence-corrected chi connectivity index (χ0v) is 9.88. The van der Waals surface area contributed by atoms with Crippen LogP contribution in [0.5, 0.6) is 0 Å². The summed E-state index contributed by atoms with van der Waals surface area (Å²) >= 11 is 1.65. The molecule has 1 saturated heterocycles. The third-order valence-electron chi connectivity index (χ3n) is 1.72. The molecule has 0 saturated carbocycles. The van der Waals surface area contributed by atoms with E-state index in [2.05, 4.69) is 11.3 Å². The second-order valence-corrected chi connectivity index (χ2v) is 4.37. The standard InChI is InChI=1S/C10H14O5S/c1-7(2)10(12)14-5-8(11)15-9-6-16-4-3-13-9/h9H,1,3-6H2,2H3/t9-/m0/s1. The van der Waals surface area contributed by atoms with Crippen LogP contribution in [0, 0.1) is 0 Å². The van der Waals surface area contributed by atoms with Crippen LogP contribution in [0.4, 0.5) is 0 Å². The normalized spacial score (nSPS) is 19.9. The van der Waals surface area contributed by atoms with Gasteiger partial charge in [0, 0.05) is 11.3 Å². The van der Waals surface area contributed by atoms with Crippen molar-refractivity contribution in [3.05, 3.63) is 12.2 Å². The Morgan fingerprint density at radius 3 is 2.88 bits per heavy atom. The van der Waals surface area contributed by atoms with Crippen LogP contribution in [-0.2, 0) is 23.8 Å². The van der Waals surface area contributed by atoms with Crippen LogP contribution < -0.4 is 0 Å². The van der Waals surface area contributed by atoms with Crippen LogP contribution in [0.15, 0.2) is 12.2 Å². The van der Waals surface area contributed by atoms with Gasteiger partial charge in [-0.25, -0.2) is 9.59 Å². The first-order valence-electron chi connectivity index (χ1n) is 4.81. The molecule has 6 heteroatoms. The number of thioether (sulfide) groups is 1. The predicted molar refractivity (Wildman–Crippen MR) is 58.9 cm³/mol. The molecule has 0 amide bonds. The fourth-order valence-electron chi connectivity index (χ4n) is 0.962. The summed E-state index contributed by atoms with van der Waals surface area (Å²) in [5.74, 6) is 0.303. The molecule has 90 valence electrons. The first kappa shape index (κ1) is 13.1.